The summed E-state index contributed by atoms with van der Waals surface area (Å²) in [7, 11) is 1.61. The number of thioether (sulfide) groups is 1. The Labute approximate surface area is 155 Å². The molecule has 0 bridgehead atoms. The summed E-state index contributed by atoms with van der Waals surface area (Å²) in [6.45, 7) is 1.80. The number of rotatable bonds is 6. The van der Waals surface area contributed by atoms with Gasteiger partial charge in [0.25, 0.3) is 0 Å². The van der Waals surface area contributed by atoms with Gasteiger partial charge in [-0.25, -0.2) is 4.68 Å². The van der Waals surface area contributed by atoms with Crippen LogP contribution in [0.25, 0.3) is 11.4 Å². The number of carbonyl (C=O) groups excluding carboxylic acids is 1. The zero-order chi connectivity index (χ0) is 18.5. The van der Waals surface area contributed by atoms with E-state index in [9.17, 15) is 4.79 Å². The predicted octanol–water partition coefficient (Wildman–Crippen LogP) is 2.79. The lowest BCUT2D eigenvalue weighted by molar-refractivity contribution is -0.115. The number of anilines is 1. The average Bonchev–Trinajstić information content (AvgIpc) is 3.03. The van der Waals surface area contributed by atoms with E-state index in [1.54, 1.807) is 14.0 Å². The lowest BCUT2D eigenvalue weighted by Crippen LogP contribution is -2.23. The minimum absolute atomic E-state index is 0.129. The standard InChI is InChI=1S/C18H19N5O2S/c1-12(17(24)20-14-6-4-3-5-7-14)26-18-22-21-16(23(18)19)13-8-10-15(25-2)11-9-13/h3-12H,19H2,1-2H3,(H,20,24)/t12-/m1/s1. The van der Waals surface area contributed by atoms with Crippen LogP contribution in [0.15, 0.2) is 59.8 Å². The van der Waals surface area contributed by atoms with Crippen molar-refractivity contribution >= 4 is 23.4 Å². The summed E-state index contributed by atoms with van der Waals surface area (Å²) in [4.78, 5) is 12.3. The zero-order valence-electron chi connectivity index (χ0n) is 14.4. The fourth-order valence-electron chi connectivity index (χ4n) is 2.27. The molecule has 1 aromatic heterocycles. The first-order valence-corrected chi connectivity index (χ1v) is 8.84. The van der Waals surface area contributed by atoms with Gasteiger partial charge in [-0.1, -0.05) is 30.0 Å². The van der Waals surface area contributed by atoms with Crippen LogP contribution in [0, 0.1) is 0 Å². The summed E-state index contributed by atoms with van der Waals surface area (Å²) in [6, 6.07) is 16.7. The second kappa shape index (κ2) is 7.92. The van der Waals surface area contributed by atoms with Crippen LogP contribution in [-0.2, 0) is 4.79 Å². The monoisotopic (exact) mass is 369 g/mol. The Morgan fingerprint density at radius 3 is 2.50 bits per heavy atom. The van der Waals surface area contributed by atoms with Gasteiger partial charge in [-0.05, 0) is 43.3 Å². The number of hydrogen-bond acceptors (Lipinski definition) is 6. The molecule has 0 unspecified atom stereocenters. The van der Waals surface area contributed by atoms with Crippen molar-refractivity contribution in [1.82, 2.24) is 14.9 Å². The van der Waals surface area contributed by atoms with E-state index in [4.69, 9.17) is 10.6 Å². The van der Waals surface area contributed by atoms with E-state index in [0.29, 0.717) is 11.0 Å². The molecule has 2 aromatic carbocycles. The van der Waals surface area contributed by atoms with Gasteiger partial charge in [0.05, 0.1) is 12.4 Å². The molecular weight excluding hydrogens is 350 g/mol. The first kappa shape index (κ1) is 17.8. The number of para-hydroxylation sites is 1. The van der Waals surface area contributed by atoms with Crippen molar-refractivity contribution in [3.63, 3.8) is 0 Å². The molecule has 3 N–H and O–H groups in total. The molecule has 0 aliphatic carbocycles. The highest BCUT2D eigenvalue weighted by atomic mass is 32.2. The number of ether oxygens (including phenoxy) is 1. The average molecular weight is 369 g/mol. The second-order valence-corrected chi connectivity index (χ2v) is 6.83. The summed E-state index contributed by atoms with van der Waals surface area (Å²) in [5, 5.41) is 11.2. The first-order valence-electron chi connectivity index (χ1n) is 7.96. The molecular formula is C18H19N5O2S. The van der Waals surface area contributed by atoms with E-state index >= 15 is 0 Å². The molecule has 0 saturated carbocycles. The van der Waals surface area contributed by atoms with E-state index in [2.05, 4.69) is 15.5 Å². The fourth-order valence-corrected chi connectivity index (χ4v) is 3.04. The van der Waals surface area contributed by atoms with Gasteiger partial charge in [0.15, 0.2) is 5.82 Å². The molecule has 7 nitrogen and oxygen atoms in total. The van der Waals surface area contributed by atoms with Gasteiger partial charge in [0, 0.05) is 11.3 Å². The number of aromatic nitrogens is 3. The molecule has 0 aliphatic rings. The maximum Gasteiger partial charge on any atom is 0.237 e. The molecule has 8 heteroatoms. The Morgan fingerprint density at radius 1 is 1.15 bits per heavy atom. The van der Waals surface area contributed by atoms with Crippen LogP contribution >= 0.6 is 11.8 Å². The molecule has 3 aromatic rings. The summed E-state index contributed by atoms with van der Waals surface area (Å²) in [6.07, 6.45) is 0. The van der Waals surface area contributed by atoms with Crippen molar-refractivity contribution < 1.29 is 9.53 Å². The fraction of sp³-hybridized carbons (Fsp3) is 0.167. The predicted molar refractivity (Wildman–Crippen MR) is 103 cm³/mol. The highest BCUT2D eigenvalue weighted by molar-refractivity contribution is 8.00. The van der Waals surface area contributed by atoms with Crippen molar-refractivity contribution in [2.24, 2.45) is 0 Å². The van der Waals surface area contributed by atoms with E-state index in [1.807, 2.05) is 54.6 Å². The molecule has 1 atom stereocenters. The lowest BCUT2D eigenvalue weighted by atomic mass is 10.2. The highest BCUT2D eigenvalue weighted by Gasteiger charge is 2.20. The van der Waals surface area contributed by atoms with Crippen LogP contribution in [0.1, 0.15) is 6.92 Å². The summed E-state index contributed by atoms with van der Waals surface area (Å²) >= 11 is 1.25. The largest absolute Gasteiger partial charge is 0.497 e. The molecule has 3 rings (SSSR count). The molecule has 1 amide bonds. The molecule has 0 fully saturated rings. The van der Waals surface area contributed by atoms with Crippen LogP contribution in [-0.4, -0.2) is 33.1 Å². The topological polar surface area (TPSA) is 95.1 Å². The van der Waals surface area contributed by atoms with Gasteiger partial charge in [-0.2, -0.15) is 0 Å². The third-order valence-corrected chi connectivity index (χ3v) is 4.76. The van der Waals surface area contributed by atoms with Crippen LogP contribution in [0.2, 0.25) is 0 Å². The smallest absolute Gasteiger partial charge is 0.237 e. The van der Waals surface area contributed by atoms with Crippen molar-refractivity contribution in [1.29, 1.82) is 0 Å². The third kappa shape index (κ3) is 3.97. The van der Waals surface area contributed by atoms with Crippen LogP contribution in [0.3, 0.4) is 0 Å². The second-order valence-electron chi connectivity index (χ2n) is 5.52. The van der Waals surface area contributed by atoms with Gasteiger partial charge in [-0.15, -0.1) is 10.2 Å². The summed E-state index contributed by atoms with van der Waals surface area (Å²) in [5.74, 6) is 7.25. The van der Waals surface area contributed by atoms with Gasteiger partial charge in [-0.3, -0.25) is 4.79 Å². The SMILES string of the molecule is COc1ccc(-c2nnc(S[C@H](C)C(=O)Nc3ccccc3)n2N)cc1. The van der Waals surface area contributed by atoms with E-state index in [1.165, 1.54) is 16.4 Å². The Bertz CT molecular complexity index is 880. The van der Waals surface area contributed by atoms with Crippen molar-refractivity contribution in [3.05, 3.63) is 54.6 Å². The minimum Gasteiger partial charge on any atom is -0.497 e. The Hall–Kier alpha value is -3.00. The molecule has 0 saturated heterocycles. The minimum atomic E-state index is -0.384. The number of methoxy groups -OCH3 is 1. The van der Waals surface area contributed by atoms with Gasteiger partial charge in [0.1, 0.15) is 5.75 Å². The van der Waals surface area contributed by atoms with Gasteiger partial charge < -0.3 is 15.9 Å². The molecule has 134 valence electrons. The van der Waals surface area contributed by atoms with Crippen LogP contribution in [0.5, 0.6) is 5.75 Å². The van der Waals surface area contributed by atoms with E-state index in [-0.39, 0.29) is 11.2 Å². The van der Waals surface area contributed by atoms with Crippen LogP contribution in [0.4, 0.5) is 5.69 Å². The number of nitrogens with two attached hydrogens (primary N) is 1. The van der Waals surface area contributed by atoms with Crippen molar-refractivity contribution in [2.75, 3.05) is 18.3 Å². The zero-order valence-corrected chi connectivity index (χ0v) is 15.2. The summed E-state index contributed by atoms with van der Waals surface area (Å²) in [5.41, 5.74) is 1.56. The Kier molecular flexibility index (Phi) is 5.43. The van der Waals surface area contributed by atoms with Gasteiger partial charge in [0.2, 0.25) is 11.1 Å². The lowest BCUT2D eigenvalue weighted by Gasteiger charge is -2.11. The van der Waals surface area contributed by atoms with Gasteiger partial charge >= 0.3 is 0 Å². The number of benzene rings is 2. The van der Waals surface area contributed by atoms with Crippen molar-refractivity contribution in [2.45, 2.75) is 17.3 Å². The molecule has 26 heavy (non-hydrogen) atoms. The number of nitrogen functional groups attached to an aromatic ring is 1. The molecule has 1 heterocycles. The van der Waals surface area contributed by atoms with Crippen molar-refractivity contribution in [3.8, 4) is 17.1 Å². The van der Waals surface area contributed by atoms with Crippen LogP contribution < -0.4 is 15.9 Å². The molecule has 0 spiro atoms. The van der Waals surface area contributed by atoms with E-state index in [0.717, 1.165) is 17.0 Å². The number of nitrogens with zero attached hydrogens (tertiary/aromatic N) is 3. The number of amides is 1. The van der Waals surface area contributed by atoms with E-state index < -0.39 is 0 Å². The highest BCUT2D eigenvalue weighted by Crippen LogP contribution is 2.26. The Balaban J connectivity index is 1.70. The number of carbonyl (C=O) groups is 1. The first-order chi connectivity index (χ1) is 12.6. The third-order valence-electron chi connectivity index (χ3n) is 3.71. The summed E-state index contributed by atoms with van der Waals surface area (Å²) < 4.78 is 6.53. The normalized spacial score (nSPS) is 11.8. The Morgan fingerprint density at radius 2 is 1.85 bits per heavy atom. The molecule has 0 radical (unpaired) electrons. The molecule has 0 aliphatic heterocycles. The quantitative estimate of drug-likeness (QED) is 0.512. The maximum atomic E-state index is 12.3. The number of hydrogen-bond donors (Lipinski definition) is 2. The maximum absolute atomic E-state index is 12.3. The number of nitrogens with one attached hydrogen (secondary N) is 1.